The van der Waals surface area contributed by atoms with Gasteiger partial charge < -0.3 is 14.5 Å². The minimum Gasteiger partial charge on any atom is -0.495 e. The minimum absolute atomic E-state index is 0.0375. The molecule has 16 heavy (non-hydrogen) atoms. The van der Waals surface area contributed by atoms with Gasteiger partial charge in [-0.1, -0.05) is 15.9 Å². The van der Waals surface area contributed by atoms with Crippen molar-refractivity contribution in [2.24, 2.45) is 0 Å². The standard InChI is InChI=1S/C12H17BrN2O/c1-14-5-7-15(8-6-14)11-4-3-10(13)9-12(11)16-2/h3-4,9H,5-8H2,1-2H3/i1D3,2D3,5D2,6D2,7D2,8D2. The SMILES string of the molecule is [2H]C([2H])([2H])Oc1cc(Br)ccc1N1C([2H])([2H])C([2H])([2H])N(C([2H])([2H])[2H])C([2H])([2H])C1([2H])[2H]. The van der Waals surface area contributed by atoms with Crippen molar-refractivity contribution in [3.05, 3.63) is 22.7 Å². The van der Waals surface area contributed by atoms with E-state index in [1.54, 1.807) is 0 Å². The van der Waals surface area contributed by atoms with Crippen molar-refractivity contribution in [1.29, 1.82) is 0 Å². The number of benzene rings is 1. The van der Waals surface area contributed by atoms with Crippen LogP contribution in [0.1, 0.15) is 19.2 Å². The van der Waals surface area contributed by atoms with Crippen molar-refractivity contribution in [2.45, 2.75) is 0 Å². The van der Waals surface area contributed by atoms with Gasteiger partial charge in [-0.3, -0.25) is 0 Å². The van der Waals surface area contributed by atoms with Crippen molar-refractivity contribution >= 4 is 21.6 Å². The van der Waals surface area contributed by atoms with Gasteiger partial charge in [0, 0.05) is 40.1 Å². The van der Waals surface area contributed by atoms with E-state index in [-0.39, 0.29) is 9.37 Å². The summed E-state index contributed by atoms with van der Waals surface area (Å²) in [6.07, 6.45) is 0. The van der Waals surface area contributed by atoms with Gasteiger partial charge in [-0.15, -0.1) is 0 Å². The Labute approximate surface area is 125 Å². The summed E-state index contributed by atoms with van der Waals surface area (Å²) in [5.41, 5.74) is -0.623. The van der Waals surface area contributed by atoms with Crippen LogP contribution in [0.25, 0.3) is 0 Å². The Morgan fingerprint density at radius 2 is 2.19 bits per heavy atom. The Morgan fingerprint density at radius 3 is 2.88 bits per heavy atom. The first-order chi connectivity index (χ1) is 13.1. The molecule has 0 amide bonds. The minimum atomic E-state index is -3.59. The number of likely N-dealkylation sites (N-methyl/N-ethyl adjacent to an activating group) is 1. The smallest absolute Gasteiger partial charge is 0.143 e. The lowest BCUT2D eigenvalue weighted by Crippen LogP contribution is -2.44. The molecule has 3 nitrogen and oxygen atoms in total. The zero-order valence-corrected chi connectivity index (χ0v) is 9.50. The van der Waals surface area contributed by atoms with E-state index in [1.165, 1.54) is 6.07 Å². The Morgan fingerprint density at radius 1 is 1.38 bits per heavy atom. The first-order valence-corrected chi connectivity index (χ1v) is 4.97. The lowest BCUT2D eigenvalue weighted by Gasteiger charge is -2.34. The summed E-state index contributed by atoms with van der Waals surface area (Å²) in [6.45, 7) is -17.7. The highest BCUT2D eigenvalue weighted by Crippen LogP contribution is 2.31. The first kappa shape index (κ1) is 3.39. The average molecular weight is 299 g/mol. The fourth-order valence-electron chi connectivity index (χ4n) is 1.13. The van der Waals surface area contributed by atoms with Crippen LogP contribution in [0, 0.1) is 0 Å². The maximum absolute atomic E-state index is 8.26. The molecular weight excluding hydrogens is 268 g/mol. The lowest BCUT2D eigenvalue weighted by molar-refractivity contribution is 0.311. The summed E-state index contributed by atoms with van der Waals surface area (Å²) in [6, 6.07) is 3.34. The number of methoxy groups -OCH3 is 1. The average Bonchev–Trinajstić information content (AvgIpc) is 2.44. The molecule has 0 radical (unpaired) electrons. The number of rotatable bonds is 2. The molecule has 0 N–H and O–H groups in total. The topological polar surface area (TPSA) is 15.7 Å². The van der Waals surface area contributed by atoms with Crippen molar-refractivity contribution in [3.63, 3.8) is 0 Å². The molecular formula is C12H17BrN2O. The van der Waals surface area contributed by atoms with E-state index in [9.17, 15) is 0 Å². The second-order valence-electron chi connectivity index (χ2n) is 2.83. The van der Waals surface area contributed by atoms with Gasteiger partial charge in [-0.25, -0.2) is 0 Å². The molecule has 2 rings (SSSR count). The van der Waals surface area contributed by atoms with Gasteiger partial charge in [-0.2, -0.15) is 0 Å². The number of piperazine rings is 1. The Balaban J connectivity index is 2.85. The third kappa shape index (κ3) is 2.50. The van der Waals surface area contributed by atoms with Crippen LogP contribution in [0.3, 0.4) is 0 Å². The van der Waals surface area contributed by atoms with Crippen molar-refractivity contribution in [2.75, 3.05) is 44.9 Å². The van der Waals surface area contributed by atoms with Gasteiger partial charge >= 0.3 is 0 Å². The highest BCUT2D eigenvalue weighted by Gasteiger charge is 2.17. The Hall–Kier alpha value is -0.740. The molecule has 1 aliphatic rings. The van der Waals surface area contributed by atoms with Crippen LogP contribution >= 0.6 is 15.9 Å². The largest absolute Gasteiger partial charge is 0.495 e. The molecule has 1 fully saturated rings. The lowest BCUT2D eigenvalue weighted by atomic mass is 10.2. The summed E-state index contributed by atoms with van der Waals surface area (Å²) in [7, 11) is -3.05. The first-order valence-electron chi connectivity index (χ1n) is 11.2. The Kier molecular flexibility index (Phi) is 1.07. The quantitative estimate of drug-likeness (QED) is 0.833. The summed E-state index contributed by atoms with van der Waals surface area (Å²) >= 11 is 3.06. The van der Waals surface area contributed by atoms with E-state index < -0.39 is 56.3 Å². The highest BCUT2D eigenvalue weighted by atomic mass is 79.9. The van der Waals surface area contributed by atoms with E-state index >= 15 is 0 Å². The molecule has 0 unspecified atom stereocenters. The fraction of sp³-hybridized carbons (Fsp3) is 0.500. The third-order valence-corrected chi connectivity index (χ3v) is 2.31. The Bertz CT molecular complexity index is 792. The number of hydrogen-bond acceptors (Lipinski definition) is 3. The molecule has 1 saturated heterocycles. The maximum Gasteiger partial charge on any atom is 0.143 e. The summed E-state index contributed by atoms with van der Waals surface area (Å²) < 4.78 is 115. The fourth-order valence-corrected chi connectivity index (χ4v) is 1.47. The molecule has 1 aliphatic heterocycles. The zero-order chi connectivity index (χ0) is 23.7. The highest BCUT2D eigenvalue weighted by molar-refractivity contribution is 9.10. The monoisotopic (exact) mass is 298 g/mol. The number of hydrogen-bond donors (Lipinski definition) is 0. The molecule has 0 aromatic heterocycles. The second kappa shape index (κ2) is 5.06. The van der Waals surface area contributed by atoms with Crippen LogP contribution in [0.15, 0.2) is 22.7 Å². The van der Waals surface area contributed by atoms with Gasteiger partial charge in [-0.05, 0) is 25.2 Å². The molecule has 88 valence electrons. The van der Waals surface area contributed by atoms with Crippen LogP contribution in [-0.4, -0.2) is 44.9 Å². The number of anilines is 1. The van der Waals surface area contributed by atoms with Gasteiger partial charge in [0.15, 0.2) is 0 Å². The van der Waals surface area contributed by atoms with E-state index in [4.69, 9.17) is 23.9 Å². The van der Waals surface area contributed by atoms with E-state index in [0.29, 0.717) is 0 Å². The summed E-state index contributed by atoms with van der Waals surface area (Å²) in [5.74, 6) is -0.592. The van der Waals surface area contributed by atoms with Crippen molar-refractivity contribution in [3.8, 4) is 5.75 Å². The third-order valence-electron chi connectivity index (χ3n) is 1.82. The number of halogens is 1. The molecule has 0 aliphatic carbocycles. The molecule has 0 atom stereocenters. The van der Waals surface area contributed by atoms with Crippen LogP contribution < -0.4 is 9.64 Å². The normalized spacial score (nSPS) is 44.7. The molecule has 0 spiro atoms. The number of ether oxygens (including phenoxy) is 1. The van der Waals surface area contributed by atoms with Gasteiger partial charge in [0.25, 0.3) is 0 Å². The molecule has 0 bridgehead atoms. The predicted octanol–water partition coefficient (Wildman–Crippen LogP) is 2.21. The molecule has 1 aromatic carbocycles. The molecule has 4 heteroatoms. The maximum atomic E-state index is 8.26. The van der Waals surface area contributed by atoms with E-state index in [1.807, 2.05) is 0 Å². The van der Waals surface area contributed by atoms with Crippen LogP contribution in [-0.2, 0) is 0 Å². The van der Waals surface area contributed by atoms with Crippen molar-refractivity contribution < 1.29 is 23.9 Å². The molecule has 0 saturated carbocycles. The predicted molar refractivity (Wildman–Crippen MR) is 70.4 cm³/mol. The van der Waals surface area contributed by atoms with Crippen LogP contribution in [0.4, 0.5) is 5.69 Å². The summed E-state index contributed by atoms with van der Waals surface area (Å²) in [4.78, 5) is -0.428. The van der Waals surface area contributed by atoms with Gasteiger partial charge in [0.2, 0.25) is 0 Å². The van der Waals surface area contributed by atoms with Crippen LogP contribution in [0.2, 0.25) is 0 Å². The number of nitrogens with zero attached hydrogens (tertiary/aromatic N) is 2. The van der Waals surface area contributed by atoms with Gasteiger partial charge in [0.05, 0.1) is 22.3 Å². The molecule has 1 heterocycles. The second-order valence-corrected chi connectivity index (χ2v) is 3.75. The summed E-state index contributed by atoms with van der Waals surface area (Å²) in [5, 5.41) is 0. The van der Waals surface area contributed by atoms with E-state index in [0.717, 1.165) is 12.1 Å². The van der Waals surface area contributed by atoms with Crippen LogP contribution in [0.5, 0.6) is 5.75 Å². The van der Waals surface area contributed by atoms with Gasteiger partial charge in [0.1, 0.15) is 5.75 Å². The van der Waals surface area contributed by atoms with Crippen molar-refractivity contribution in [1.82, 2.24) is 4.90 Å². The zero-order valence-electron chi connectivity index (χ0n) is 21.9. The molecule has 1 aromatic rings. The van der Waals surface area contributed by atoms with E-state index in [2.05, 4.69) is 15.9 Å².